The van der Waals surface area contributed by atoms with Crippen molar-refractivity contribution in [3.63, 3.8) is 0 Å². The molecule has 38 heavy (non-hydrogen) atoms. The van der Waals surface area contributed by atoms with Gasteiger partial charge in [-0.1, -0.05) is 12.1 Å². The molecule has 2 heterocycles. The van der Waals surface area contributed by atoms with Crippen molar-refractivity contribution >= 4 is 18.0 Å². The lowest BCUT2D eigenvalue weighted by molar-refractivity contribution is -0.140. The largest absolute Gasteiger partial charge is 0.490 e. The number of carboxylic acids is 2. The molecule has 2 aliphatic heterocycles. The molecule has 0 saturated carbocycles. The zero-order valence-corrected chi connectivity index (χ0v) is 25.0. The van der Waals surface area contributed by atoms with Crippen LogP contribution in [0.2, 0.25) is 0 Å². The number of ether oxygens (including phenoxy) is 1. The van der Waals surface area contributed by atoms with Crippen molar-refractivity contribution in [2.24, 2.45) is 11.8 Å². The summed E-state index contributed by atoms with van der Waals surface area (Å²) in [5.74, 6) is -1.47. The molecular formula is C31H48N2O5. The highest BCUT2D eigenvalue weighted by atomic mass is 16.5. The van der Waals surface area contributed by atoms with Gasteiger partial charge in [0.05, 0.1) is 0 Å². The molecular weight excluding hydrogens is 480 g/mol. The van der Waals surface area contributed by atoms with Crippen molar-refractivity contribution < 1.29 is 24.5 Å². The number of benzene rings is 1. The van der Waals surface area contributed by atoms with Crippen molar-refractivity contribution in [2.45, 2.75) is 109 Å². The number of aliphatic carboxylic acids is 2. The average Bonchev–Trinajstić information content (AvgIpc) is 2.77. The van der Waals surface area contributed by atoms with Gasteiger partial charge in [0, 0.05) is 22.2 Å². The number of nitrogens with zero attached hydrogens (tertiary/aromatic N) is 2. The topological polar surface area (TPSA) is 90.3 Å². The van der Waals surface area contributed by atoms with Crippen LogP contribution in [0.5, 0.6) is 5.75 Å². The molecule has 1 aromatic rings. The van der Waals surface area contributed by atoms with E-state index in [0.29, 0.717) is 17.4 Å². The Balaban J connectivity index is 1.98. The zero-order chi connectivity index (χ0) is 28.8. The molecule has 212 valence electrons. The SMILES string of the molecule is CN1C(C)(C)CC(C(Oc2ccc(C=C(C(=O)O)C(=O)O)cc2)C2CC(C)(C)N(C)C(C)(C)C2)CC1(C)C. The van der Waals surface area contributed by atoms with E-state index in [9.17, 15) is 19.8 Å². The van der Waals surface area contributed by atoms with Crippen LogP contribution in [0.15, 0.2) is 29.8 Å². The summed E-state index contributed by atoms with van der Waals surface area (Å²) in [5, 5.41) is 18.4. The Kier molecular flexibility index (Phi) is 8.18. The van der Waals surface area contributed by atoms with E-state index in [1.54, 1.807) is 12.1 Å². The van der Waals surface area contributed by atoms with E-state index in [2.05, 4.69) is 79.3 Å². The van der Waals surface area contributed by atoms with Gasteiger partial charge in [-0.2, -0.15) is 0 Å². The van der Waals surface area contributed by atoms with E-state index >= 15 is 0 Å². The number of piperidine rings is 2. The monoisotopic (exact) mass is 528 g/mol. The molecule has 2 N–H and O–H groups in total. The first-order valence-corrected chi connectivity index (χ1v) is 13.7. The van der Waals surface area contributed by atoms with Gasteiger partial charge in [0.15, 0.2) is 0 Å². The van der Waals surface area contributed by atoms with Gasteiger partial charge in [-0.25, -0.2) is 9.59 Å². The maximum atomic E-state index is 11.3. The van der Waals surface area contributed by atoms with Crippen molar-refractivity contribution in [3.05, 3.63) is 35.4 Å². The fourth-order valence-electron chi connectivity index (χ4n) is 7.12. The minimum absolute atomic E-state index is 0.0180. The van der Waals surface area contributed by atoms with Crippen LogP contribution in [-0.4, -0.2) is 74.3 Å². The third-order valence-corrected chi connectivity index (χ3v) is 9.53. The molecule has 3 rings (SSSR count). The summed E-state index contributed by atoms with van der Waals surface area (Å²) in [6.07, 6.45) is 5.33. The predicted molar refractivity (Wildman–Crippen MR) is 151 cm³/mol. The Morgan fingerprint density at radius 3 is 1.42 bits per heavy atom. The van der Waals surface area contributed by atoms with Crippen LogP contribution in [0.1, 0.15) is 86.6 Å². The molecule has 0 amide bonds. The Morgan fingerprint density at radius 1 is 0.763 bits per heavy atom. The van der Waals surface area contributed by atoms with Crippen LogP contribution >= 0.6 is 0 Å². The van der Waals surface area contributed by atoms with Gasteiger partial charge in [-0.05, 0) is 131 Å². The van der Waals surface area contributed by atoms with Crippen LogP contribution in [0.3, 0.4) is 0 Å². The van der Waals surface area contributed by atoms with E-state index in [-0.39, 0.29) is 28.3 Å². The second kappa shape index (κ2) is 10.3. The van der Waals surface area contributed by atoms with Crippen molar-refractivity contribution in [3.8, 4) is 5.75 Å². The highest BCUT2D eigenvalue weighted by molar-refractivity contribution is 6.16. The Morgan fingerprint density at radius 2 is 1.11 bits per heavy atom. The molecule has 0 atom stereocenters. The van der Waals surface area contributed by atoms with Crippen LogP contribution in [-0.2, 0) is 9.59 Å². The number of carbonyl (C=O) groups is 2. The second-order valence-electron chi connectivity index (χ2n) is 14.0. The summed E-state index contributed by atoms with van der Waals surface area (Å²) < 4.78 is 6.90. The Bertz CT molecular complexity index is 976. The Labute approximate surface area is 228 Å². The molecule has 0 aromatic heterocycles. The summed E-state index contributed by atoms with van der Waals surface area (Å²) in [6.45, 7) is 18.6. The standard InChI is InChI=1S/C31H48N2O5/c1-28(2)16-21(17-29(3,4)32(28)9)25(22-18-30(5,6)33(10)31(7,8)19-22)38-23-13-11-20(12-14-23)15-24(26(34)35)27(36)37/h11-15,21-22,25H,16-19H2,1-10H3,(H,34,35)(H,36,37). The zero-order valence-electron chi connectivity index (χ0n) is 25.0. The molecule has 0 radical (unpaired) electrons. The van der Waals surface area contributed by atoms with Gasteiger partial charge >= 0.3 is 11.9 Å². The van der Waals surface area contributed by atoms with E-state index in [1.807, 2.05) is 12.1 Å². The quantitative estimate of drug-likeness (QED) is 0.263. The highest BCUT2D eigenvalue weighted by Gasteiger charge is 2.51. The van der Waals surface area contributed by atoms with Crippen LogP contribution < -0.4 is 4.74 Å². The molecule has 1 aromatic carbocycles. The molecule has 0 spiro atoms. The smallest absolute Gasteiger partial charge is 0.343 e. The van der Waals surface area contributed by atoms with Gasteiger partial charge in [0.25, 0.3) is 0 Å². The first-order valence-electron chi connectivity index (χ1n) is 13.7. The third-order valence-electron chi connectivity index (χ3n) is 9.53. The molecule has 0 aliphatic carbocycles. The summed E-state index contributed by atoms with van der Waals surface area (Å²) >= 11 is 0. The van der Waals surface area contributed by atoms with E-state index < -0.39 is 17.5 Å². The lowest BCUT2D eigenvalue weighted by atomic mass is 9.65. The summed E-state index contributed by atoms with van der Waals surface area (Å²) in [6, 6.07) is 7.11. The normalized spacial score (nSPS) is 23.7. The minimum Gasteiger partial charge on any atom is -0.490 e. The average molecular weight is 529 g/mol. The molecule has 2 aliphatic rings. The van der Waals surface area contributed by atoms with Gasteiger partial charge < -0.3 is 14.9 Å². The van der Waals surface area contributed by atoms with Crippen LogP contribution in [0.25, 0.3) is 6.08 Å². The molecule has 0 unspecified atom stereocenters. The number of hydrogen-bond acceptors (Lipinski definition) is 5. The first-order chi connectivity index (χ1) is 17.3. The van der Waals surface area contributed by atoms with Gasteiger partial charge in [0.1, 0.15) is 17.4 Å². The highest BCUT2D eigenvalue weighted by Crippen LogP contribution is 2.48. The van der Waals surface area contributed by atoms with Crippen molar-refractivity contribution in [2.75, 3.05) is 14.1 Å². The number of carboxylic acid groups (broad SMARTS) is 2. The molecule has 0 bridgehead atoms. The molecule has 2 fully saturated rings. The van der Waals surface area contributed by atoms with Crippen molar-refractivity contribution in [1.82, 2.24) is 9.80 Å². The second-order valence-corrected chi connectivity index (χ2v) is 14.0. The Hall–Kier alpha value is -2.38. The maximum Gasteiger partial charge on any atom is 0.343 e. The fourth-order valence-corrected chi connectivity index (χ4v) is 7.12. The lowest BCUT2D eigenvalue weighted by Gasteiger charge is -2.58. The van der Waals surface area contributed by atoms with Crippen LogP contribution in [0.4, 0.5) is 0 Å². The number of likely N-dealkylation sites (tertiary alicyclic amines) is 2. The van der Waals surface area contributed by atoms with Gasteiger partial charge in [0.2, 0.25) is 0 Å². The first kappa shape index (κ1) is 30.2. The van der Waals surface area contributed by atoms with Gasteiger partial charge in [-0.3, -0.25) is 9.80 Å². The lowest BCUT2D eigenvalue weighted by Crippen LogP contribution is -2.63. The predicted octanol–water partition coefficient (Wildman–Crippen LogP) is 5.78. The molecule has 2 saturated heterocycles. The number of hydrogen-bond donors (Lipinski definition) is 2. The van der Waals surface area contributed by atoms with Crippen molar-refractivity contribution in [1.29, 1.82) is 0 Å². The molecule has 7 heteroatoms. The van der Waals surface area contributed by atoms with E-state index in [1.165, 1.54) is 6.08 Å². The molecule has 7 nitrogen and oxygen atoms in total. The summed E-state index contributed by atoms with van der Waals surface area (Å²) in [7, 11) is 4.45. The fraction of sp³-hybridized carbons (Fsp3) is 0.677. The summed E-state index contributed by atoms with van der Waals surface area (Å²) in [5.41, 5.74) is -0.0289. The van der Waals surface area contributed by atoms with E-state index in [4.69, 9.17) is 4.74 Å². The van der Waals surface area contributed by atoms with Crippen LogP contribution in [0, 0.1) is 11.8 Å². The minimum atomic E-state index is -1.46. The maximum absolute atomic E-state index is 11.3. The summed E-state index contributed by atoms with van der Waals surface area (Å²) in [4.78, 5) is 27.6. The van der Waals surface area contributed by atoms with Gasteiger partial charge in [-0.15, -0.1) is 0 Å². The van der Waals surface area contributed by atoms with E-state index in [0.717, 1.165) is 31.4 Å². The third kappa shape index (κ3) is 6.26. The number of rotatable bonds is 7.